The molecule has 22 heavy (non-hydrogen) atoms. The zero-order valence-corrected chi connectivity index (χ0v) is 13.4. The van der Waals surface area contributed by atoms with Gasteiger partial charge < -0.3 is 19.5 Å². The minimum absolute atomic E-state index is 0.0754. The Morgan fingerprint density at radius 3 is 2.64 bits per heavy atom. The Labute approximate surface area is 131 Å². The van der Waals surface area contributed by atoms with Crippen LogP contribution in [0.15, 0.2) is 12.1 Å². The van der Waals surface area contributed by atoms with Crippen molar-refractivity contribution in [1.82, 2.24) is 10.2 Å². The van der Waals surface area contributed by atoms with Crippen molar-refractivity contribution >= 4 is 0 Å². The van der Waals surface area contributed by atoms with Crippen LogP contribution in [0.4, 0.5) is 0 Å². The first-order valence-electron chi connectivity index (χ1n) is 8.32. The summed E-state index contributed by atoms with van der Waals surface area (Å²) in [5, 5.41) is 3.46. The third kappa shape index (κ3) is 2.15. The first-order valence-corrected chi connectivity index (χ1v) is 8.32. The summed E-state index contributed by atoms with van der Waals surface area (Å²) >= 11 is 0. The van der Waals surface area contributed by atoms with E-state index in [2.05, 4.69) is 30.1 Å². The molecule has 2 atom stereocenters. The summed E-state index contributed by atoms with van der Waals surface area (Å²) < 4.78 is 17.6. The molecule has 1 aromatic carbocycles. The molecule has 0 bridgehead atoms. The Kier molecular flexibility index (Phi) is 3.42. The van der Waals surface area contributed by atoms with Gasteiger partial charge in [0, 0.05) is 37.1 Å². The van der Waals surface area contributed by atoms with E-state index in [1.165, 1.54) is 5.56 Å². The fourth-order valence-electron chi connectivity index (χ4n) is 4.00. The molecule has 1 spiro atoms. The van der Waals surface area contributed by atoms with Crippen molar-refractivity contribution in [3.63, 3.8) is 0 Å². The maximum Gasteiger partial charge on any atom is 0.231 e. The molecule has 0 aliphatic carbocycles. The van der Waals surface area contributed by atoms with E-state index in [1.807, 2.05) is 6.07 Å². The summed E-state index contributed by atoms with van der Waals surface area (Å²) in [4.78, 5) is 2.52. The molecule has 0 aromatic heterocycles. The van der Waals surface area contributed by atoms with Crippen LogP contribution in [0.25, 0.3) is 0 Å². The average molecular weight is 304 g/mol. The number of rotatable bonds is 3. The van der Waals surface area contributed by atoms with Gasteiger partial charge in [0.25, 0.3) is 0 Å². The zero-order chi connectivity index (χ0) is 15.2. The van der Waals surface area contributed by atoms with Crippen molar-refractivity contribution in [2.24, 2.45) is 0 Å². The highest BCUT2D eigenvalue weighted by Crippen LogP contribution is 2.49. The molecule has 3 heterocycles. The second-order valence-corrected chi connectivity index (χ2v) is 6.40. The van der Waals surface area contributed by atoms with Crippen molar-refractivity contribution < 1.29 is 14.2 Å². The highest BCUT2D eigenvalue weighted by Gasteiger charge is 2.45. The second kappa shape index (κ2) is 5.32. The lowest BCUT2D eigenvalue weighted by atomic mass is 9.85. The van der Waals surface area contributed by atoms with Gasteiger partial charge in [-0.25, -0.2) is 0 Å². The van der Waals surface area contributed by atoms with E-state index in [4.69, 9.17) is 14.2 Å². The van der Waals surface area contributed by atoms with Crippen LogP contribution in [-0.4, -0.2) is 43.5 Å². The smallest absolute Gasteiger partial charge is 0.231 e. The fraction of sp³-hybridized carbons (Fsp3) is 0.647. The summed E-state index contributed by atoms with van der Waals surface area (Å²) in [5.41, 5.74) is 1.17. The zero-order valence-electron chi connectivity index (χ0n) is 13.4. The molecular formula is C17H24N2O3. The van der Waals surface area contributed by atoms with Crippen LogP contribution >= 0.6 is 0 Å². The molecule has 5 nitrogen and oxygen atoms in total. The maximum absolute atomic E-state index is 6.45. The van der Waals surface area contributed by atoms with Crippen molar-refractivity contribution in [3.05, 3.63) is 17.7 Å². The van der Waals surface area contributed by atoms with Crippen LogP contribution < -0.4 is 19.5 Å². The van der Waals surface area contributed by atoms with E-state index in [-0.39, 0.29) is 5.60 Å². The highest BCUT2D eigenvalue weighted by molar-refractivity contribution is 5.54. The third-order valence-corrected chi connectivity index (χ3v) is 5.21. The monoisotopic (exact) mass is 304 g/mol. The van der Waals surface area contributed by atoms with Gasteiger partial charge in [-0.05, 0) is 25.7 Å². The van der Waals surface area contributed by atoms with E-state index < -0.39 is 0 Å². The van der Waals surface area contributed by atoms with E-state index in [9.17, 15) is 0 Å². The Hall–Kier alpha value is -1.46. The van der Waals surface area contributed by atoms with E-state index in [0.29, 0.717) is 12.8 Å². The lowest BCUT2D eigenvalue weighted by Gasteiger charge is -2.43. The maximum atomic E-state index is 6.45. The molecule has 120 valence electrons. The Bertz CT molecular complexity index is 565. The fourth-order valence-corrected chi connectivity index (χ4v) is 4.00. The minimum atomic E-state index is -0.0754. The van der Waals surface area contributed by atoms with Gasteiger partial charge in [-0.2, -0.15) is 0 Å². The molecule has 0 saturated carbocycles. The van der Waals surface area contributed by atoms with Gasteiger partial charge in [0.15, 0.2) is 11.5 Å². The number of nitrogens with zero attached hydrogens (tertiary/aromatic N) is 1. The van der Waals surface area contributed by atoms with Gasteiger partial charge in [0.1, 0.15) is 11.4 Å². The van der Waals surface area contributed by atoms with Crippen LogP contribution in [0.2, 0.25) is 0 Å². The molecule has 3 aliphatic rings. The number of ether oxygens (including phenoxy) is 3. The van der Waals surface area contributed by atoms with Crippen LogP contribution in [0.1, 0.15) is 38.3 Å². The lowest BCUT2D eigenvalue weighted by molar-refractivity contribution is 0.0192. The van der Waals surface area contributed by atoms with Gasteiger partial charge in [0.05, 0.1) is 0 Å². The van der Waals surface area contributed by atoms with Crippen LogP contribution in [0.3, 0.4) is 0 Å². The van der Waals surface area contributed by atoms with Crippen LogP contribution in [0, 0.1) is 0 Å². The first-order chi connectivity index (χ1) is 10.7. The minimum Gasteiger partial charge on any atom is -0.485 e. The topological polar surface area (TPSA) is 43.0 Å². The molecule has 3 aliphatic heterocycles. The molecular weight excluding hydrogens is 280 g/mol. The predicted octanol–water partition coefficient (Wildman–Crippen LogP) is 2.31. The van der Waals surface area contributed by atoms with E-state index >= 15 is 0 Å². The second-order valence-electron chi connectivity index (χ2n) is 6.40. The molecule has 4 rings (SSSR count). The summed E-state index contributed by atoms with van der Waals surface area (Å²) in [7, 11) is 0. The molecule has 1 saturated heterocycles. The number of nitrogens with one attached hydrogen (secondary N) is 1. The van der Waals surface area contributed by atoms with Gasteiger partial charge in [0.2, 0.25) is 6.79 Å². The van der Waals surface area contributed by atoms with Gasteiger partial charge in [-0.1, -0.05) is 13.8 Å². The van der Waals surface area contributed by atoms with Crippen molar-refractivity contribution in [3.8, 4) is 17.2 Å². The molecule has 2 unspecified atom stereocenters. The van der Waals surface area contributed by atoms with Crippen molar-refractivity contribution in [2.75, 3.05) is 33.0 Å². The molecule has 1 aromatic rings. The summed E-state index contributed by atoms with van der Waals surface area (Å²) in [5.74, 6) is 2.62. The molecule has 5 heteroatoms. The average Bonchev–Trinajstić information content (AvgIpc) is 3.15. The van der Waals surface area contributed by atoms with E-state index in [1.54, 1.807) is 0 Å². The largest absolute Gasteiger partial charge is 0.485 e. The normalized spacial score (nSPS) is 29.0. The molecule has 0 radical (unpaired) electrons. The van der Waals surface area contributed by atoms with Crippen molar-refractivity contribution in [1.29, 1.82) is 0 Å². The number of benzene rings is 1. The van der Waals surface area contributed by atoms with E-state index in [0.717, 1.165) is 56.3 Å². The number of hydrogen-bond acceptors (Lipinski definition) is 5. The van der Waals surface area contributed by atoms with Crippen LogP contribution in [-0.2, 0) is 0 Å². The third-order valence-electron chi connectivity index (χ3n) is 5.21. The van der Waals surface area contributed by atoms with Crippen LogP contribution in [0.5, 0.6) is 17.2 Å². The molecule has 0 amide bonds. The number of hydrogen-bond donors (Lipinski definition) is 1. The Morgan fingerprint density at radius 1 is 1.18 bits per heavy atom. The number of fused-ring (bicyclic) bond motifs is 2. The predicted molar refractivity (Wildman–Crippen MR) is 83.7 cm³/mol. The standard InChI is InChI=1S/C17H24N2O3/c1-3-19(4-2)13-9-17(5-6-18-10-17)22-14-8-16-15(7-12(13)14)20-11-21-16/h7-8,13,18H,3-6,9-11H2,1-2H3. The quantitative estimate of drug-likeness (QED) is 0.928. The molecule has 1 fully saturated rings. The SMILES string of the molecule is CCN(CC)C1CC2(CCNC2)Oc2cc3c(cc21)OCO3. The van der Waals surface area contributed by atoms with Gasteiger partial charge in [-0.3, -0.25) is 4.90 Å². The molecule has 1 N–H and O–H groups in total. The Balaban J connectivity index is 1.78. The van der Waals surface area contributed by atoms with Gasteiger partial charge >= 0.3 is 0 Å². The van der Waals surface area contributed by atoms with Gasteiger partial charge in [-0.15, -0.1) is 0 Å². The summed E-state index contributed by atoms with van der Waals surface area (Å²) in [6.07, 6.45) is 2.10. The lowest BCUT2D eigenvalue weighted by Crippen LogP contribution is -2.46. The summed E-state index contributed by atoms with van der Waals surface area (Å²) in [6.45, 7) is 8.80. The Morgan fingerprint density at radius 2 is 1.95 bits per heavy atom. The summed E-state index contributed by atoms with van der Waals surface area (Å²) in [6, 6.07) is 4.52. The first kappa shape index (κ1) is 14.2. The highest BCUT2D eigenvalue weighted by atomic mass is 16.7. The van der Waals surface area contributed by atoms with Crippen molar-refractivity contribution in [2.45, 2.75) is 38.3 Å².